The molecular formula is C22H26O3. The third-order valence-electron chi connectivity index (χ3n) is 3.95. The van der Waals surface area contributed by atoms with Crippen LogP contribution in [0.4, 0.5) is 0 Å². The molecule has 2 rings (SSSR count). The molecule has 0 amide bonds. The molecule has 0 aliphatic rings. The molecule has 0 spiro atoms. The Labute approximate surface area is 150 Å². The van der Waals surface area contributed by atoms with Crippen molar-refractivity contribution in [2.75, 3.05) is 6.61 Å². The Balaban J connectivity index is 1.62. The molecule has 0 radical (unpaired) electrons. The Hall–Kier alpha value is -2.55. The Morgan fingerprint density at radius 2 is 1.40 bits per heavy atom. The van der Waals surface area contributed by atoms with E-state index in [1.54, 1.807) is 0 Å². The van der Waals surface area contributed by atoms with Crippen molar-refractivity contribution >= 4 is 18.1 Å². The van der Waals surface area contributed by atoms with Gasteiger partial charge in [-0.25, -0.2) is 0 Å². The topological polar surface area (TPSA) is 46.5 Å². The molecule has 3 heteroatoms. The summed E-state index contributed by atoms with van der Waals surface area (Å²) in [7, 11) is 0. The molecule has 0 aliphatic carbocycles. The average Bonchev–Trinajstić information content (AvgIpc) is 2.64. The van der Waals surface area contributed by atoms with Crippen molar-refractivity contribution in [3.63, 3.8) is 0 Å². The first kappa shape index (κ1) is 18.8. The lowest BCUT2D eigenvalue weighted by molar-refractivity contribution is -0.137. The quantitative estimate of drug-likeness (QED) is 0.425. The Kier molecular flexibility index (Phi) is 8.33. The molecule has 0 unspecified atom stereocenters. The average molecular weight is 338 g/mol. The highest BCUT2D eigenvalue weighted by molar-refractivity contribution is 5.69. The summed E-state index contributed by atoms with van der Waals surface area (Å²) in [5.41, 5.74) is 2.33. The second kappa shape index (κ2) is 11.1. The second-order valence-electron chi connectivity index (χ2n) is 6.07. The van der Waals surface area contributed by atoms with Gasteiger partial charge in [-0.2, -0.15) is 0 Å². The zero-order valence-electron chi connectivity index (χ0n) is 14.6. The lowest BCUT2D eigenvalue weighted by Crippen LogP contribution is -1.97. The summed E-state index contributed by atoms with van der Waals surface area (Å²) in [6.07, 6.45) is 9.38. The van der Waals surface area contributed by atoms with Crippen LogP contribution in [0.25, 0.3) is 12.2 Å². The maximum Gasteiger partial charge on any atom is 0.303 e. The fraction of sp³-hybridized carbons (Fsp3) is 0.318. The van der Waals surface area contributed by atoms with Crippen LogP contribution in [0.2, 0.25) is 0 Å². The first-order valence-electron chi connectivity index (χ1n) is 8.92. The van der Waals surface area contributed by atoms with Crippen molar-refractivity contribution in [2.24, 2.45) is 0 Å². The van der Waals surface area contributed by atoms with E-state index in [9.17, 15) is 4.79 Å². The van der Waals surface area contributed by atoms with E-state index in [1.807, 2.05) is 30.3 Å². The molecule has 0 fully saturated rings. The number of aliphatic carboxylic acids is 1. The summed E-state index contributed by atoms with van der Waals surface area (Å²) in [6.45, 7) is 0.706. The molecule has 0 saturated carbocycles. The van der Waals surface area contributed by atoms with E-state index in [1.165, 1.54) is 5.56 Å². The number of hydrogen-bond donors (Lipinski definition) is 1. The van der Waals surface area contributed by atoms with Crippen molar-refractivity contribution in [2.45, 2.75) is 38.5 Å². The molecule has 0 saturated heterocycles. The van der Waals surface area contributed by atoms with Crippen LogP contribution in [0, 0.1) is 0 Å². The highest BCUT2D eigenvalue weighted by atomic mass is 16.5. The van der Waals surface area contributed by atoms with Gasteiger partial charge in [-0.3, -0.25) is 4.79 Å². The van der Waals surface area contributed by atoms with Crippen LogP contribution in [-0.4, -0.2) is 17.7 Å². The van der Waals surface area contributed by atoms with E-state index in [0.717, 1.165) is 43.4 Å². The lowest BCUT2D eigenvalue weighted by atomic mass is 10.1. The molecule has 2 aromatic rings. The zero-order chi connectivity index (χ0) is 17.7. The molecule has 3 nitrogen and oxygen atoms in total. The fourth-order valence-corrected chi connectivity index (χ4v) is 2.53. The van der Waals surface area contributed by atoms with E-state index in [4.69, 9.17) is 9.84 Å². The van der Waals surface area contributed by atoms with Gasteiger partial charge in [0.25, 0.3) is 0 Å². The minimum Gasteiger partial charge on any atom is -0.494 e. The molecule has 0 aromatic heterocycles. The van der Waals surface area contributed by atoms with Crippen molar-refractivity contribution in [1.82, 2.24) is 0 Å². The predicted octanol–water partition coefficient (Wildman–Crippen LogP) is 5.66. The van der Waals surface area contributed by atoms with Crippen LogP contribution in [0.3, 0.4) is 0 Å². The summed E-state index contributed by atoms with van der Waals surface area (Å²) >= 11 is 0. The molecular weight excluding hydrogens is 312 g/mol. The maximum atomic E-state index is 10.4. The molecule has 0 aliphatic heterocycles. The van der Waals surface area contributed by atoms with Crippen molar-refractivity contribution in [3.8, 4) is 5.75 Å². The van der Waals surface area contributed by atoms with Crippen LogP contribution < -0.4 is 4.74 Å². The van der Waals surface area contributed by atoms with E-state index in [-0.39, 0.29) is 6.42 Å². The SMILES string of the molecule is O=C(O)CCCCCCCOc1ccc(/C=C/c2ccccc2)cc1. The molecule has 2 aromatic carbocycles. The fourth-order valence-electron chi connectivity index (χ4n) is 2.53. The Morgan fingerprint density at radius 1 is 0.800 bits per heavy atom. The molecule has 0 heterocycles. The highest BCUT2D eigenvalue weighted by Gasteiger charge is 1.97. The number of carbonyl (C=O) groups is 1. The molecule has 0 atom stereocenters. The van der Waals surface area contributed by atoms with Crippen LogP contribution in [0.15, 0.2) is 54.6 Å². The number of hydrogen-bond acceptors (Lipinski definition) is 2. The number of unbranched alkanes of at least 4 members (excludes halogenated alkanes) is 4. The van der Waals surface area contributed by atoms with Crippen LogP contribution >= 0.6 is 0 Å². The number of carboxylic acids is 1. The standard InChI is InChI=1S/C22H26O3/c23-22(24)11-7-2-1-3-8-18-25-21-16-14-20(15-17-21)13-12-19-9-5-4-6-10-19/h4-6,9-10,12-17H,1-3,7-8,11,18H2,(H,23,24)/b13-12+. The van der Waals surface area contributed by atoms with Crippen LogP contribution in [0.5, 0.6) is 5.75 Å². The summed E-state index contributed by atoms with van der Waals surface area (Å²) in [4.78, 5) is 10.4. The van der Waals surface area contributed by atoms with Gasteiger partial charge in [0.15, 0.2) is 0 Å². The Bertz CT molecular complexity index is 645. The van der Waals surface area contributed by atoms with Crippen LogP contribution in [0.1, 0.15) is 49.7 Å². The first-order chi connectivity index (χ1) is 12.2. The second-order valence-corrected chi connectivity index (χ2v) is 6.07. The van der Waals surface area contributed by atoms with Gasteiger partial charge in [0.05, 0.1) is 6.61 Å². The number of benzene rings is 2. The van der Waals surface area contributed by atoms with E-state index >= 15 is 0 Å². The normalized spacial score (nSPS) is 10.9. The van der Waals surface area contributed by atoms with Gasteiger partial charge in [0, 0.05) is 6.42 Å². The zero-order valence-corrected chi connectivity index (χ0v) is 14.6. The molecule has 1 N–H and O–H groups in total. The first-order valence-corrected chi connectivity index (χ1v) is 8.92. The third-order valence-corrected chi connectivity index (χ3v) is 3.95. The Morgan fingerprint density at radius 3 is 2.08 bits per heavy atom. The van der Waals surface area contributed by atoms with Gasteiger partial charge in [0.2, 0.25) is 0 Å². The van der Waals surface area contributed by atoms with Gasteiger partial charge >= 0.3 is 5.97 Å². The van der Waals surface area contributed by atoms with Gasteiger partial charge < -0.3 is 9.84 Å². The minimum atomic E-state index is -0.703. The lowest BCUT2D eigenvalue weighted by Gasteiger charge is -2.06. The minimum absolute atomic E-state index is 0.279. The largest absolute Gasteiger partial charge is 0.494 e. The van der Waals surface area contributed by atoms with Crippen molar-refractivity contribution < 1.29 is 14.6 Å². The summed E-state index contributed by atoms with van der Waals surface area (Å²) in [5.74, 6) is 0.188. The van der Waals surface area contributed by atoms with E-state index in [0.29, 0.717) is 6.61 Å². The number of carboxylic acid groups (broad SMARTS) is 1. The van der Waals surface area contributed by atoms with Gasteiger partial charge in [-0.1, -0.05) is 73.9 Å². The molecule has 0 bridgehead atoms. The van der Waals surface area contributed by atoms with Crippen LogP contribution in [-0.2, 0) is 4.79 Å². The summed E-state index contributed by atoms with van der Waals surface area (Å²) < 4.78 is 5.75. The van der Waals surface area contributed by atoms with Gasteiger partial charge in [-0.05, 0) is 36.1 Å². The summed E-state index contributed by atoms with van der Waals surface area (Å²) in [6, 6.07) is 18.3. The smallest absolute Gasteiger partial charge is 0.303 e. The van der Waals surface area contributed by atoms with Gasteiger partial charge in [-0.15, -0.1) is 0 Å². The maximum absolute atomic E-state index is 10.4. The van der Waals surface area contributed by atoms with Crippen molar-refractivity contribution in [3.05, 3.63) is 65.7 Å². The monoisotopic (exact) mass is 338 g/mol. The predicted molar refractivity (Wildman–Crippen MR) is 103 cm³/mol. The van der Waals surface area contributed by atoms with E-state index in [2.05, 4.69) is 36.4 Å². The number of ether oxygens (including phenoxy) is 1. The number of rotatable bonds is 11. The van der Waals surface area contributed by atoms with E-state index < -0.39 is 5.97 Å². The highest BCUT2D eigenvalue weighted by Crippen LogP contribution is 2.15. The van der Waals surface area contributed by atoms with Gasteiger partial charge in [0.1, 0.15) is 5.75 Å². The van der Waals surface area contributed by atoms with Crippen molar-refractivity contribution in [1.29, 1.82) is 0 Å². The molecule has 25 heavy (non-hydrogen) atoms. The summed E-state index contributed by atoms with van der Waals surface area (Å²) in [5, 5.41) is 8.57. The molecule has 132 valence electrons. The third kappa shape index (κ3) is 8.20.